The first kappa shape index (κ1) is 14.3. The average Bonchev–Trinajstić information content (AvgIpc) is 2.46. The van der Waals surface area contributed by atoms with E-state index in [1.54, 1.807) is 12.4 Å². The molecule has 0 bridgehead atoms. The zero-order valence-electron chi connectivity index (χ0n) is 12.3. The first-order valence-electron chi connectivity index (χ1n) is 6.94. The van der Waals surface area contributed by atoms with Gasteiger partial charge in [-0.1, -0.05) is 19.1 Å². The van der Waals surface area contributed by atoms with Crippen molar-refractivity contribution in [3.05, 3.63) is 47.3 Å². The van der Waals surface area contributed by atoms with Crippen LogP contribution in [0.1, 0.15) is 30.0 Å². The van der Waals surface area contributed by atoms with Gasteiger partial charge in [-0.05, 0) is 37.5 Å². The molecule has 0 aliphatic heterocycles. The van der Waals surface area contributed by atoms with Crippen LogP contribution in [0, 0.1) is 13.8 Å². The van der Waals surface area contributed by atoms with Crippen molar-refractivity contribution < 1.29 is 4.74 Å². The number of hydrogen-bond donors (Lipinski definition) is 1. The van der Waals surface area contributed by atoms with E-state index in [0.717, 1.165) is 29.9 Å². The summed E-state index contributed by atoms with van der Waals surface area (Å²) in [6, 6.07) is 6.25. The fourth-order valence-corrected chi connectivity index (χ4v) is 1.81. The van der Waals surface area contributed by atoms with Gasteiger partial charge in [-0.15, -0.1) is 0 Å². The van der Waals surface area contributed by atoms with Crippen LogP contribution in [0.15, 0.2) is 30.6 Å². The van der Waals surface area contributed by atoms with Crippen molar-refractivity contribution in [1.82, 2.24) is 9.97 Å². The molecule has 106 valence electrons. The van der Waals surface area contributed by atoms with Crippen LogP contribution in [0.5, 0.6) is 5.75 Å². The number of anilines is 1. The molecule has 0 fully saturated rings. The standard InChI is InChI=1S/C16H21N3O/c1-4-7-20-15-8-12(2)5-6-14(15)11-19-16-17-9-13(3)10-18-16/h5-6,8-10H,4,7,11H2,1-3H3,(H,17,18,19). The summed E-state index contributed by atoms with van der Waals surface area (Å²) in [5, 5.41) is 3.22. The van der Waals surface area contributed by atoms with Crippen LogP contribution < -0.4 is 10.1 Å². The van der Waals surface area contributed by atoms with E-state index >= 15 is 0 Å². The molecule has 0 aliphatic carbocycles. The predicted octanol–water partition coefficient (Wildman–Crippen LogP) is 3.49. The van der Waals surface area contributed by atoms with Gasteiger partial charge in [0.05, 0.1) is 6.61 Å². The van der Waals surface area contributed by atoms with Crippen LogP contribution in [0.25, 0.3) is 0 Å². The fourth-order valence-electron chi connectivity index (χ4n) is 1.81. The maximum Gasteiger partial charge on any atom is 0.222 e. The summed E-state index contributed by atoms with van der Waals surface area (Å²) in [5.41, 5.74) is 3.37. The summed E-state index contributed by atoms with van der Waals surface area (Å²) in [6.45, 7) is 7.54. The Morgan fingerprint density at radius 2 is 1.85 bits per heavy atom. The van der Waals surface area contributed by atoms with Gasteiger partial charge in [-0.25, -0.2) is 9.97 Å². The lowest BCUT2D eigenvalue weighted by atomic mass is 10.1. The highest BCUT2D eigenvalue weighted by atomic mass is 16.5. The molecule has 1 heterocycles. The Morgan fingerprint density at radius 3 is 2.55 bits per heavy atom. The molecule has 4 heteroatoms. The van der Waals surface area contributed by atoms with Crippen molar-refractivity contribution in [2.75, 3.05) is 11.9 Å². The molecular weight excluding hydrogens is 250 g/mol. The second kappa shape index (κ2) is 6.89. The lowest BCUT2D eigenvalue weighted by Crippen LogP contribution is -2.06. The van der Waals surface area contributed by atoms with Gasteiger partial charge in [0.25, 0.3) is 0 Å². The van der Waals surface area contributed by atoms with Gasteiger partial charge in [0.15, 0.2) is 0 Å². The van der Waals surface area contributed by atoms with Crippen LogP contribution in [0.2, 0.25) is 0 Å². The summed E-state index contributed by atoms with van der Waals surface area (Å²) in [4.78, 5) is 8.48. The monoisotopic (exact) mass is 271 g/mol. The van der Waals surface area contributed by atoms with E-state index in [9.17, 15) is 0 Å². The van der Waals surface area contributed by atoms with Gasteiger partial charge in [0.1, 0.15) is 5.75 Å². The molecule has 20 heavy (non-hydrogen) atoms. The Bertz CT molecular complexity index is 552. The minimum Gasteiger partial charge on any atom is -0.493 e. The van der Waals surface area contributed by atoms with Crippen LogP contribution in [-0.4, -0.2) is 16.6 Å². The number of aromatic nitrogens is 2. The van der Waals surface area contributed by atoms with E-state index in [4.69, 9.17) is 4.74 Å². The van der Waals surface area contributed by atoms with E-state index in [2.05, 4.69) is 47.3 Å². The van der Waals surface area contributed by atoms with Gasteiger partial charge < -0.3 is 10.1 Å². The molecule has 0 amide bonds. The van der Waals surface area contributed by atoms with Crippen LogP contribution in [0.4, 0.5) is 5.95 Å². The number of aryl methyl sites for hydroxylation is 2. The van der Waals surface area contributed by atoms with Gasteiger partial charge in [0.2, 0.25) is 5.95 Å². The molecule has 4 nitrogen and oxygen atoms in total. The van der Waals surface area contributed by atoms with Gasteiger partial charge in [-0.2, -0.15) is 0 Å². The molecule has 2 rings (SSSR count). The topological polar surface area (TPSA) is 47.0 Å². The largest absolute Gasteiger partial charge is 0.493 e. The summed E-state index contributed by atoms with van der Waals surface area (Å²) in [6.07, 6.45) is 4.61. The summed E-state index contributed by atoms with van der Waals surface area (Å²) >= 11 is 0. The Hall–Kier alpha value is -2.10. The molecule has 0 aliphatic rings. The minimum absolute atomic E-state index is 0.637. The molecule has 0 saturated carbocycles. The van der Waals surface area contributed by atoms with E-state index < -0.39 is 0 Å². The molecule has 0 radical (unpaired) electrons. The number of hydrogen-bond acceptors (Lipinski definition) is 4. The fraction of sp³-hybridized carbons (Fsp3) is 0.375. The summed E-state index contributed by atoms with van der Waals surface area (Å²) in [7, 11) is 0. The SMILES string of the molecule is CCCOc1cc(C)ccc1CNc1ncc(C)cn1. The van der Waals surface area contributed by atoms with E-state index in [-0.39, 0.29) is 0 Å². The lowest BCUT2D eigenvalue weighted by molar-refractivity contribution is 0.314. The van der Waals surface area contributed by atoms with Crippen molar-refractivity contribution in [2.45, 2.75) is 33.7 Å². The summed E-state index contributed by atoms with van der Waals surface area (Å²) < 4.78 is 5.79. The first-order valence-corrected chi connectivity index (χ1v) is 6.94. The first-order chi connectivity index (χ1) is 9.69. The Kier molecular flexibility index (Phi) is 4.93. The Labute approximate surface area is 120 Å². The van der Waals surface area contributed by atoms with Crippen molar-refractivity contribution in [3.63, 3.8) is 0 Å². The van der Waals surface area contributed by atoms with Crippen LogP contribution in [-0.2, 0) is 6.54 Å². The predicted molar refractivity (Wildman–Crippen MR) is 81.1 cm³/mol. The second-order valence-corrected chi connectivity index (χ2v) is 4.90. The van der Waals surface area contributed by atoms with Crippen molar-refractivity contribution in [2.24, 2.45) is 0 Å². The van der Waals surface area contributed by atoms with Gasteiger partial charge in [-0.3, -0.25) is 0 Å². The number of nitrogens with one attached hydrogen (secondary N) is 1. The quantitative estimate of drug-likeness (QED) is 0.873. The normalized spacial score (nSPS) is 10.3. The Morgan fingerprint density at radius 1 is 1.10 bits per heavy atom. The number of rotatable bonds is 6. The second-order valence-electron chi connectivity index (χ2n) is 4.90. The number of ether oxygens (including phenoxy) is 1. The third-order valence-electron chi connectivity index (χ3n) is 2.90. The molecular formula is C16H21N3O. The highest BCUT2D eigenvalue weighted by molar-refractivity contribution is 5.39. The van der Waals surface area contributed by atoms with Crippen LogP contribution >= 0.6 is 0 Å². The van der Waals surface area contributed by atoms with Gasteiger partial charge in [0, 0.05) is 24.5 Å². The molecule has 0 saturated heterocycles. The third-order valence-corrected chi connectivity index (χ3v) is 2.90. The number of nitrogens with zero attached hydrogens (tertiary/aromatic N) is 2. The van der Waals surface area contributed by atoms with E-state index in [1.165, 1.54) is 5.56 Å². The minimum atomic E-state index is 0.637. The Balaban J connectivity index is 2.06. The van der Waals surface area contributed by atoms with E-state index in [1.807, 2.05) is 6.92 Å². The van der Waals surface area contributed by atoms with Gasteiger partial charge >= 0.3 is 0 Å². The van der Waals surface area contributed by atoms with E-state index in [0.29, 0.717) is 12.5 Å². The zero-order chi connectivity index (χ0) is 14.4. The molecule has 2 aromatic rings. The highest BCUT2D eigenvalue weighted by Gasteiger charge is 2.05. The molecule has 1 aromatic heterocycles. The average molecular weight is 271 g/mol. The highest BCUT2D eigenvalue weighted by Crippen LogP contribution is 2.21. The molecule has 0 spiro atoms. The molecule has 1 N–H and O–H groups in total. The third kappa shape index (κ3) is 3.95. The smallest absolute Gasteiger partial charge is 0.222 e. The molecule has 0 atom stereocenters. The van der Waals surface area contributed by atoms with Crippen molar-refractivity contribution in [3.8, 4) is 5.75 Å². The number of benzene rings is 1. The van der Waals surface area contributed by atoms with Crippen molar-refractivity contribution in [1.29, 1.82) is 0 Å². The lowest BCUT2D eigenvalue weighted by Gasteiger charge is -2.12. The summed E-state index contributed by atoms with van der Waals surface area (Å²) in [5.74, 6) is 1.57. The maximum absolute atomic E-state index is 5.79. The van der Waals surface area contributed by atoms with Crippen molar-refractivity contribution >= 4 is 5.95 Å². The van der Waals surface area contributed by atoms with Crippen LogP contribution in [0.3, 0.4) is 0 Å². The molecule has 0 unspecified atom stereocenters. The maximum atomic E-state index is 5.79. The molecule has 1 aromatic carbocycles. The zero-order valence-corrected chi connectivity index (χ0v) is 12.3.